The second-order valence-electron chi connectivity index (χ2n) is 4.75. The van der Waals surface area contributed by atoms with Gasteiger partial charge in [0.15, 0.2) is 5.58 Å². The van der Waals surface area contributed by atoms with Crippen LogP contribution in [0.15, 0.2) is 59.0 Å². The zero-order valence-electron chi connectivity index (χ0n) is 10.8. The fourth-order valence-corrected chi connectivity index (χ4v) is 2.83. The van der Waals surface area contributed by atoms with Crippen molar-refractivity contribution in [2.75, 3.05) is 0 Å². The molecule has 21 heavy (non-hydrogen) atoms. The molecule has 3 aromatic carbocycles. The predicted octanol–water partition coefficient (Wildman–Crippen LogP) is 5.95. The lowest BCUT2D eigenvalue weighted by atomic mass is 10.1. The lowest BCUT2D eigenvalue weighted by Gasteiger charge is -2.00. The van der Waals surface area contributed by atoms with E-state index in [1.54, 1.807) is 6.07 Å². The molecule has 4 rings (SSSR count). The van der Waals surface area contributed by atoms with Crippen LogP contribution in [0.5, 0.6) is 0 Å². The van der Waals surface area contributed by atoms with Gasteiger partial charge in [-0.25, -0.2) is 4.98 Å². The summed E-state index contributed by atoms with van der Waals surface area (Å²) in [5.41, 5.74) is 2.27. The highest BCUT2D eigenvalue weighted by Crippen LogP contribution is 2.35. The molecule has 0 saturated carbocycles. The lowest BCUT2D eigenvalue weighted by molar-refractivity contribution is 0.620. The Bertz CT molecular complexity index is 975. The van der Waals surface area contributed by atoms with Crippen LogP contribution in [0.4, 0.5) is 0 Å². The monoisotopic (exact) mass is 313 g/mol. The average Bonchev–Trinajstić information content (AvgIpc) is 2.94. The van der Waals surface area contributed by atoms with Gasteiger partial charge in [-0.2, -0.15) is 0 Å². The molecule has 4 heteroatoms. The van der Waals surface area contributed by atoms with Crippen LogP contribution < -0.4 is 0 Å². The molecule has 0 atom stereocenters. The van der Waals surface area contributed by atoms with E-state index in [0.29, 0.717) is 21.5 Å². The normalized spacial score (nSPS) is 11.3. The van der Waals surface area contributed by atoms with Crippen molar-refractivity contribution in [1.82, 2.24) is 4.98 Å². The molecule has 0 spiro atoms. The number of aromatic nitrogens is 1. The molecule has 0 aliphatic rings. The summed E-state index contributed by atoms with van der Waals surface area (Å²) in [4.78, 5) is 4.60. The topological polar surface area (TPSA) is 26.0 Å². The van der Waals surface area contributed by atoms with E-state index >= 15 is 0 Å². The minimum absolute atomic E-state index is 0.454. The molecule has 0 saturated heterocycles. The quantitative estimate of drug-likeness (QED) is 0.433. The summed E-state index contributed by atoms with van der Waals surface area (Å²) >= 11 is 12.3. The lowest BCUT2D eigenvalue weighted by Crippen LogP contribution is -1.80. The summed E-state index contributed by atoms with van der Waals surface area (Å²) in [5.74, 6) is 0.480. The SMILES string of the molecule is Clc1cccc(-c2nc3c(ccc4ccccc43)o2)c1Cl. The molecular weight excluding hydrogens is 305 g/mol. The van der Waals surface area contributed by atoms with Crippen LogP contribution in [0, 0.1) is 0 Å². The number of rotatable bonds is 1. The molecule has 0 fully saturated rings. The first-order chi connectivity index (χ1) is 10.2. The van der Waals surface area contributed by atoms with E-state index in [-0.39, 0.29) is 0 Å². The summed E-state index contributed by atoms with van der Waals surface area (Å²) in [6, 6.07) is 17.4. The zero-order chi connectivity index (χ0) is 14.4. The van der Waals surface area contributed by atoms with Gasteiger partial charge in [-0.3, -0.25) is 0 Å². The van der Waals surface area contributed by atoms with Crippen LogP contribution in [0.1, 0.15) is 0 Å². The molecule has 0 aliphatic carbocycles. The van der Waals surface area contributed by atoms with E-state index < -0.39 is 0 Å². The molecule has 1 aromatic heterocycles. The Hall–Kier alpha value is -2.03. The summed E-state index contributed by atoms with van der Waals surface area (Å²) in [7, 11) is 0. The first kappa shape index (κ1) is 12.7. The maximum absolute atomic E-state index is 6.24. The summed E-state index contributed by atoms with van der Waals surface area (Å²) in [6.45, 7) is 0. The van der Waals surface area contributed by atoms with Gasteiger partial charge in [-0.1, -0.05) is 59.6 Å². The van der Waals surface area contributed by atoms with Gasteiger partial charge in [0.25, 0.3) is 0 Å². The van der Waals surface area contributed by atoms with Crippen molar-refractivity contribution in [1.29, 1.82) is 0 Å². The Morgan fingerprint density at radius 3 is 2.62 bits per heavy atom. The fourth-order valence-electron chi connectivity index (χ4n) is 2.45. The average molecular weight is 314 g/mol. The Kier molecular flexibility index (Phi) is 2.88. The van der Waals surface area contributed by atoms with Crippen LogP contribution in [-0.2, 0) is 0 Å². The highest BCUT2D eigenvalue weighted by atomic mass is 35.5. The van der Waals surface area contributed by atoms with Crippen molar-refractivity contribution in [3.05, 3.63) is 64.6 Å². The number of oxazole rings is 1. The standard InChI is InChI=1S/C17H9Cl2NO/c18-13-7-3-6-12(15(13)19)17-20-16-11-5-2-1-4-10(11)8-9-14(16)21-17/h1-9H. The molecule has 0 N–H and O–H groups in total. The smallest absolute Gasteiger partial charge is 0.228 e. The third-order valence-corrected chi connectivity index (χ3v) is 4.28. The molecular formula is C17H9Cl2NO. The predicted molar refractivity (Wildman–Crippen MR) is 87.0 cm³/mol. The van der Waals surface area contributed by atoms with Gasteiger partial charge >= 0.3 is 0 Å². The molecule has 0 aliphatic heterocycles. The van der Waals surface area contributed by atoms with Gasteiger partial charge < -0.3 is 4.42 Å². The number of hydrogen-bond acceptors (Lipinski definition) is 2. The van der Waals surface area contributed by atoms with Gasteiger partial charge in [0.1, 0.15) is 5.52 Å². The largest absolute Gasteiger partial charge is 0.436 e. The number of hydrogen-bond donors (Lipinski definition) is 0. The minimum Gasteiger partial charge on any atom is -0.436 e. The van der Waals surface area contributed by atoms with Crippen LogP contribution in [0.3, 0.4) is 0 Å². The highest BCUT2D eigenvalue weighted by Gasteiger charge is 2.14. The van der Waals surface area contributed by atoms with E-state index in [1.807, 2.05) is 42.5 Å². The number of nitrogens with zero attached hydrogens (tertiary/aromatic N) is 1. The fraction of sp³-hybridized carbons (Fsp3) is 0. The van der Waals surface area contributed by atoms with Gasteiger partial charge in [0, 0.05) is 5.39 Å². The third-order valence-electron chi connectivity index (χ3n) is 3.47. The summed E-state index contributed by atoms with van der Waals surface area (Å²) < 4.78 is 5.84. The molecule has 4 aromatic rings. The Morgan fingerprint density at radius 1 is 0.857 bits per heavy atom. The molecule has 102 valence electrons. The summed E-state index contributed by atoms with van der Waals surface area (Å²) in [6.07, 6.45) is 0. The third kappa shape index (κ3) is 1.99. The Labute approximate surface area is 130 Å². The van der Waals surface area contributed by atoms with Crippen LogP contribution in [0.25, 0.3) is 33.3 Å². The highest BCUT2D eigenvalue weighted by molar-refractivity contribution is 6.43. The second-order valence-corrected chi connectivity index (χ2v) is 5.54. The number of fused-ring (bicyclic) bond motifs is 3. The minimum atomic E-state index is 0.454. The van der Waals surface area contributed by atoms with Crippen molar-refractivity contribution in [2.45, 2.75) is 0 Å². The van der Waals surface area contributed by atoms with E-state index in [9.17, 15) is 0 Å². The van der Waals surface area contributed by atoms with E-state index in [2.05, 4.69) is 11.1 Å². The van der Waals surface area contributed by atoms with Crippen LogP contribution >= 0.6 is 23.2 Å². The molecule has 1 heterocycles. The van der Waals surface area contributed by atoms with E-state index in [0.717, 1.165) is 21.9 Å². The van der Waals surface area contributed by atoms with Gasteiger partial charge in [-0.05, 0) is 23.6 Å². The van der Waals surface area contributed by atoms with E-state index in [1.165, 1.54) is 0 Å². The van der Waals surface area contributed by atoms with Crippen molar-refractivity contribution in [3.63, 3.8) is 0 Å². The second kappa shape index (κ2) is 4.76. The van der Waals surface area contributed by atoms with Crippen LogP contribution in [0.2, 0.25) is 10.0 Å². The van der Waals surface area contributed by atoms with Crippen molar-refractivity contribution >= 4 is 45.1 Å². The zero-order valence-corrected chi connectivity index (χ0v) is 12.3. The van der Waals surface area contributed by atoms with E-state index in [4.69, 9.17) is 27.6 Å². The molecule has 0 bridgehead atoms. The Balaban J connectivity index is 2.03. The van der Waals surface area contributed by atoms with Crippen LogP contribution in [-0.4, -0.2) is 4.98 Å². The van der Waals surface area contributed by atoms with Gasteiger partial charge in [0.2, 0.25) is 5.89 Å². The Morgan fingerprint density at radius 2 is 1.71 bits per heavy atom. The first-order valence-corrected chi connectivity index (χ1v) is 7.22. The summed E-state index contributed by atoms with van der Waals surface area (Å²) in [5, 5.41) is 3.13. The van der Waals surface area contributed by atoms with Crippen molar-refractivity contribution < 1.29 is 4.42 Å². The maximum atomic E-state index is 6.24. The molecule has 0 unspecified atom stereocenters. The molecule has 0 amide bonds. The first-order valence-electron chi connectivity index (χ1n) is 6.47. The number of benzene rings is 3. The molecule has 0 radical (unpaired) electrons. The van der Waals surface area contributed by atoms with Gasteiger partial charge in [-0.15, -0.1) is 0 Å². The van der Waals surface area contributed by atoms with Gasteiger partial charge in [0.05, 0.1) is 15.6 Å². The number of halogens is 2. The van der Waals surface area contributed by atoms with Crippen molar-refractivity contribution in [2.24, 2.45) is 0 Å². The van der Waals surface area contributed by atoms with Crippen molar-refractivity contribution in [3.8, 4) is 11.5 Å². The maximum Gasteiger partial charge on any atom is 0.228 e. The molecule has 2 nitrogen and oxygen atoms in total.